The van der Waals surface area contributed by atoms with Crippen molar-refractivity contribution in [2.24, 2.45) is 0 Å². The van der Waals surface area contributed by atoms with E-state index in [4.69, 9.17) is 0 Å². The molecule has 2 heteroatoms. The van der Waals surface area contributed by atoms with Crippen molar-refractivity contribution in [1.29, 1.82) is 10.5 Å². The van der Waals surface area contributed by atoms with Crippen molar-refractivity contribution in [1.82, 2.24) is 0 Å². The molecular weight excluding hydrogens is 316 g/mol. The summed E-state index contributed by atoms with van der Waals surface area (Å²) >= 11 is 0. The van der Waals surface area contributed by atoms with E-state index in [1.807, 2.05) is 97.1 Å². The summed E-state index contributed by atoms with van der Waals surface area (Å²) in [4.78, 5) is 0. The van der Waals surface area contributed by atoms with Crippen LogP contribution in [0.3, 0.4) is 0 Å². The molecule has 0 aliphatic rings. The van der Waals surface area contributed by atoms with Gasteiger partial charge in [-0.05, 0) is 40.5 Å². The molecule has 0 atom stereocenters. The van der Waals surface area contributed by atoms with E-state index in [1.165, 1.54) is 0 Å². The highest BCUT2D eigenvalue weighted by Gasteiger charge is 2.06. The largest absolute Gasteiger partial charge is 0.192 e. The molecule has 0 bridgehead atoms. The Labute approximate surface area is 153 Å². The molecule has 0 spiro atoms. The summed E-state index contributed by atoms with van der Waals surface area (Å²) in [6.07, 6.45) is 3.71. The highest BCUT2D eigenvalue weighted by atomic mass is 14.3. The van der Waals surface area contributed by atoms with Gasteiger partial charge in [0, 0.05) is 0 Å². The topological polar surface area (TPSA) is 47.6 Å². The van der Waals surface area contributed by atoms with Crippen molar-refractivity contribution >= 4 is 23.3 Å². The Kier molecular flexibility index (Phi) is 5.41. The molecule has 0 radical (unpaired) electrons. The van der Waals surface area contributed by atoms with E-state index >= 15 is 0 Å². The molecule has 0 saturated carbocycles. The van der Waals surface area contributed by atoms with Crippen LogP contribution in [-0.2, 0) is 0 Å². The first-order valence-corrected chi connectivity index (χ1v) is 8.24. The lowest BCUT2D eigenvalue weighted by molar-refractivity contribution is 1.50. The highest BCUT2D eigenvalue weighted by Crippen LogP contribution is 2.23. The molecule has 0 aliphatic carbocycles. The Morgan fingerprint density at radius 1 is 0.577 bits per heavy atom. The molecule has 122 valence electrons. The van der Waals surface area contributed by atoms with Crippen molar-refractivity contribution in [3.05, 3.63) is 107 Å². The zero-order valence-electron chi connectivity index (χ0n) is 14.1. The van der Waals surface area contributed by atoms with Gasteiger partial charge in [0.05, 0.1) is 23.3 Å². The van der Waals surface area contributed by atoms with Crippen LogP contribution >= 0.6 is 0 Å². The number of hydrogen-bond acceptors (Lipinski definition) is 2. The van der Waals surface area contributed by atoms with E-state index in [2.05, 4.69) is 12.1 Å². The number of rotatable bonds is 4. The zero-order chi connectivity index (χ0) is 18.2. The minimum Gasteiger partial charge on any atom is -0.192 e. The van der Waals surface area contributed by atoms with Crippen LogP contribution in [0.2, 0.25) is 0 Å². The minimum absolute atomic E-state index is 0.565. The van der Waals surface area contributed by atoms with Gasteiger partial charge in [-0.2, -0.15) is 10.5 Å². The third kappa shape index (κ3) is 4.15. The van der Waals surface area contributed by atoms with Crippen LogP contribution in [0.25, 0.3) is 23.3 Å². The fourth-order valence-electron chi connectivity index (χ4n) is 2.65. The minimum atomic E-state index is 0.565. The van der Waals surface area contributed by atoms with E-state index in [0.29, 0.717) is 11.1 Å². The Balaban J connectivity index is 2.00. The summed E-state index contributed by atoms with van der Waals surface area (Å²) in [6, 6.07) is 31.5. The van der Waals surface area contributed by atoms with E-state index in [1.54, 1.807) is 0 Å². The fourth-order valence-corrected chi connectivity index (χ4v) is 2.65. The van der Waals surface area contributed by atoms with Gasteiger partial charge in [0.15, 0.2) is 0 Å². The van der Waals surface area contributed by atoms with Gasteiger partial charge in [-0.25, -0.2) is 0 Å². The first kappa shape index (κ1) is 17.0. The Morgan fingerprint density at radius 3 is 1.38 bits per heavy atom. The van der Waals surface area contributed by atoms with Crippen LogP contribution in [0.1, 0.15) is 22.3 Å². The number of allylic oxidation sites excluding steroid dienone is 2. The molecule has 0 N–H and O–H groups in total. The number of nitriles is 2. The number of nitrogens with zero attached hydrogens (tertiary/aromatic N) is 2. The third-order valence-corrected chi connectivity index (χ3v) is 3.95. The molecule has 0 unspecified atom stereocenters. The molecule has 2 nitrogen and oxygen atoms in total. The lowest BCUT2D eigenvalue weighted by Gasteiger charge is -2.05. The van der Waals surface area contributed by atoms with Crippen molar-refractivity contribution in [3.63, 3.8) is 0 Å². The summed E-state index contributed by atoms with van der Waals surface area (Å²) < 4.78 is 0. The van der Waals surface area contributed by atoms with Crippen LogP contribution in [0.4, 0.5) is 0 Å². The van der Waals surface area contributed by atoms with Crippen LogP contribution in [-0.4, -0.2) is 0 Å². The molecule has 3 rings (SSSR count). The van der Waals surface area contributed by atoms with E-state index in [9.17, 15) is 10.5 Å². The summed E-state index contributed by atoms with van der Waals surface area (Å²) in [5, 5.41) is 19.1. The first-order chi connectivity index (χ1) is 12.8. The van der Waals surface area contributed by atoms with Gasteiger partial charge in [0.2, 0.25) is 0 Å². The molecule has 0 amide bonds. The molecule has 0 aliphatic heterocycles. The van der Waals surface area contributed by atoms with Gasteiger partial charge < -0.3 is 0 Å². The molecule has 0 heterocycles. The average Bonchev–Trinajstić information content (AvgIpc) is 2.72. The van der Waals surface area contributed by atoms with Crippen molar-refractivity contribution in [3.8, 4) is 12.1 Å². The van der Waals surface area contributed by atoms with Crippen LogP contribution in [0, 0.1) is 22.7 Å². The number of hydrogen-bond donors (Lipinski definition) is 0. The van der Waals surface area contributed by atoms with Gasteiger partial charge in [-0.3, -0.25) is 0 Å². The smallest absolute Gasteiger partial charge is 0.0998 e. The van der Waals surface area contributed by atoms with E-state index in [0.717, 1.165) is 22.3 Å². The normalized spacial score (nSPS) is 11.5. The predicted octanol–water partition coefficient (Wildman–Crippen LogP) is 5.81. The summed E-state index contributed by atoms with van der Waals surface area (Å²) in [5.74, 6) is 0. The van der Waals surface area contributed by atoms with Gasteiger partial charge in [0.1, 0.15) is 0 Å². The van der Waals surface area contributed by atoms with Crippen LogP contribution in [0.5, 0.6) is 0 Å². The fraction of sp³-hybridized carbons (Fsp3) is 0. The number of benzene rings is 3. The van der Waals surface area contributed by atoms with Crippen LogP contribution in [0.15, 0.2) is 84.9 Å². The SMILES string of the molecule is N#C/C(=C/c1ccccc1)c1cccc(/C(C#N)=C\c2ccccc2)c1. The van der Waals surface area contributed by atoms with Crippen molar-refractivity contribution in [2.45, 2.75) is 0 Å². The monoisotopic (exact) mass is 332 g/mol. The molecule has 0 aromatic heterocycles. The second kappa shape index (κ2) is 8.29. The van der Waals surface area contributed by atoms with Crippen molar-refractivity contribution in [2.75, 3.05) is 0 Å². The van der Waals surface area contributed by atoms with E-state index in [-0.39, 0.29) is 0 Å². The second-order valence-electron chi connectivity index (χ2n) is 5.74. The molecule has 0 saturated heterocycles. The van der Waals surface area contributed by atoms with Crippen LogP contribution < -0.4 is 0 Å². The molecule has 26 heavy (non-hydrogen) atoms. The molecule has 3 aromatic rings. The molecule has 0 fully saturated rings. The van der Waals surface area contributed by atoms with E-state index < -0.39 is 0 Å². The zero-order valence-corrected chi connectivity index (χ0v) is 14.1. The quantitative estimate of drug-likeness (QED) is 0.447. The maximum Gasteiger partial charge on any atom is 0.0998 e. The maximum absolute atomic E-state index is 9.56. The lowest BCUT2D eigenvalue weighted by atomic mass is 9.97. The maximum atomic E-state index is 9.56. The Hall–Kier alpha value is -3.88. The highest BCUT2D eigenvalue weighted by molar-refractivity contribution is 5.93. The summed E-state index contributed by atoms with van der Waals surface area (Å²) in [7, 11) is 0. The average molecular weight is 332 g/mol. The van der Waals surface area contributed by atoms with Gasteiger partial charge in [0.25, 0.3) is 0 Å². The predicted molar refractivity (Wildman–Crippen MR) is 106 cm³/mol. The van der Waals surface area contributed by atoms with Gasteiger partial charge >= 0.3 is 0 Å². The third-order valence-electron chi connectivity index (χ3n) is 3.95. The molecular formula is C24H16N2. The first-order valence-electron chi connectivity index (χ1n) is 8.24. The van der Waals surface area contributed by atoms with Crippen molar-refractivity contribution < 1.29 is 0 Å². The standard InChI is InChI=1S/C24H16N2/c25-17-23(14-19-8-3-1-4-9-19)21-12-7-13-22(16-21)24(18-26)15-20-10-5-2-6-11-20/h1-16H/b23-14-,24-15-. The summed E-state index contributed by atoms with van der Waals surface area (Å²) in [6.45, 7) is 0. The summed E-state index contributed by atoms with van der Waals surface area (Å²) in [5.41, 5.74) is 4.65. The second-order valence-corrected chi connectivity index (χ2v) is 5.74. The Bertz CT molecular complexity index is 948. The van der Waals surface area contributed by atoms with Gasteiger partial charge in [-0.15, -0.1) is 0 Å². The Morgan fingerprint density at radius 2 is 1.00 bits per heavy atom. The van der Waals surface area contributed by atoms with Gasteiger partial charge in [-0.1, -0.05) is 78.9 Å². The lowest BCUT2D eigenvalue weighted by Crippen LogP contribution is -1.87. The molecule has 3 aromatic carbocycles.